The number of fused-ring (bicyclic) bond motifs is 1. The number of anilines is 1. The number of rotatable bonds is 8. The molecule has 3 aromatic carbocycles. The molecule has 1 aliphatic heterocycles. The average molecular weight is 502 g/mol. The van der Waals surface area contributed by atoms with E-state index in [2.05, 4.69) is 78.5 Å². The first-order chi connectivity index (χ1) is 17.5. The van der Waals surface area contributed by atoms with Crippen LogP contribution in [0.15, 0.2) is 78.9 Å². The van der Waals surface area contributed by atoms with Crippen molar-refractivity contribution < 1.29 is 9.47 Å². The highest BCUT2D eigenvalue weighted by atomic mass is 35.5. The standard InChI is InChI=1S/C30H32ClN3O2/c1-4-26-20(2)30(3,35-19-22-13-9-6-10-14-22)27(36-26)23-15-16-24-25(17-23)33-29(31)34-28(24)32-18-21-11-7-5-8-12-21/h5-17,20,26-27H,4,18-19H2,1-3H3,(H,32,33,34)/t20-,26-,27+,30-/m1/s1. The van der Waals surface area contributed by atoms with Crippen LogP contribution in [0, 0.1) is 5.92 Å². The van der Waals surface area contributed by atoms with Crippen LogP contribution in [0.25, 0.3) is 10.9 Å². The molecule has 36 heavy (non-hydrogen) atoms. The van der Waals surface area contributed by atoms with E-state index in [-0.39, 0.29) is 23.4 Å². The summed E-state index contributed by atoms with van der Waals surface area (Å²) in [6.07, 6.45) is 0.820. The third-order valence-electron chi connectivity index (χ3n) is 7.39. The Labute approximate surface area is 217 Å². The molecule has 0 radical (unpaired) electrons. The Hall–Kier alpha value is -2.99. The van der Waals surface area contributed by atoms with Crippen LogP contribution >= 0.6 is 11.6 Å². The van der Waals surface area contributed by atoms with Gasteiger partial charge in [-0.25, -0.2) is 9.97 Å². The van der Waals surface area contributed by atoms with Gasteiger partial charge in [-0.15, -0.1) is 0 Å². The number of hydrogen-bond donors (Lipinski definition) is 1. The minimum atomic E-state index is -0.491. The minimum Gasteiger partial charge on any atom is -0.367 e. The Morgan fingerprint density at radius 2 is 1.67 bits per heavy atom. The average Bonchev–Trinajstić information content (AvgIpc) is 3.16. The van der Waals surface area contributed by atoms with Crippen LogP contribution in [0.3, 0.4) is 0 Å². The molecule has 6 heteroatoms. The predicted molar refractivity (Wildman–Crippen MR) is 145 cm³/mol. The molecule has 1 fully saturated rings. The molecular formula is C30H32ClN3O2. The summed E-state index contributed by atoms with van der Waals surface area (Å²) in [6, 6.07) is 26.7. The molecule has 0 saturated carbocycles. The fourth-order valence-corrected chi connectivity index (χ4v) is 5.29. The third-order valence-corrected chi connectivity index (χ3v) is 7.56. The Morgan fingerprint density at radius 1 is 0.972 bits per heavy atom. The summed E-state index contributed by atoms with van der Waals surface area (Å²) < 4.78 is 13.2. The molecular weight excluding hydrogens is 470 g/mol. The van der Waals surface area contributed by atoms with Crippen LogP contribution < -0.4 is 5.32 Å². The second-order valence-corrected chi connectivity index (χ2v) is 10.0. The van der Waals surface area contributed by atoms with Gasteiger partial charge in [-0.05, 0) is 53.8 Å². The van der Waals surface area contributed by atoms with Gasteiger partial charge in [0.25, 0.3) is 0 Å². The fraction of sp³-hybridized carbons (Fsp3) is 0.333. The summed E-state index contributed by atoms with van der Waals surface area (Å²) in [5.41, 5.74) is 3.64. The van der Waals surface area contributed by atoms with Crippen LogP contribution in [0.4, 0.5) is 5.82 Å². The highest BCUT2D eigenvalue weighted by molar-refractivity contribution is 6.28. The summed E-state index contributed by atoms with van der Waals surface area (Å²) in [5.74, 6) is 0.944. The summed E-state index contributed by atoms with van der Waals surface area (Å²) in [5, 5.41) is 4.55. The van der Waals surface area contributed by atoms with Gasteiger partial charge >= 0.3 is 0 Å². The highest BCUT2D eigenvalue weighted by Gasteiger charge is 2.52. The largest absolute Gasteiger partial charge is 0.367 e. The molecule has 0 amide bonds. The number of aromatic nitrogens is 2. The smallest absolute Gasteiger partial charge is 0.224 e. The maximum Gasteiger partial charge on any atom is 0.224 e. The summed E-state index contributed by atoms with van der Waals surface area (Å²) in [7, 11) is 0. The van der Waals surface area contributed by atoms with Crippen molar-refractivity contribution in [1.29, 1.82) is 0 Å². The van der Waals surface area contributed by atoms with Gasteiger partial charge in [-0.3, -0.25) is 0 Å². The van der Waals surface area contributed by atoms with E-state index in [1.165, 1.54) is 5.56 Å². The minimum absolute atomic E-state index is 0.114. The Bertz CT molecular complexity index is 1320. The normalized spacial score (nSPS) is 23.7. The molecule has 5 rings (SSSR count). The van der Waals surface area contributed by atoms with Crippen LogP contribution in [-0.4, -0.2) is 21.7 Å². The van der Waals surface area contributed by atoms with Gasteiger partial charge in [0.2, 0.25) is 5.28 Å². The molecule has 0 unspecified atom stereocenters. The van der Waals surface area contributed by atoms with Crippen molar-refractivity contribution in [2.24, 2.45) is 5.92 Å². The van der Waals surface area contributed by atoms with E-state index < -0.39 is 5.60 Å². The van der Waals surface area contributed by atoms with Gasteiger partial charge in [-0.1, -0.05) is 80.6 Å². The Morgan fingerprint density at radius 3 is 2.36 bits per heavy atom. The molecule has 4 atom stereocenters. The first kappa shape index (κ1) is 24.7. The summed E-state index contributed by atoms with van der Waals surface area (Å²) >= 11 is 6.34. The molecule has 1 saturated heterocycles. The van der Waals surface area contributed by atoms with E-state index in [0.717, 1.165) is 34.3 Å². The summed E-state index contributed by atoms with van der Waals surface area (Å²) in [4.78, 5) is 9.00. The van der Waals surface area contributed by atoms with Crippen LogP contribution in [0.2, 0.25) is 5.28 Å². The number of nitrogens with one attached hydrogen (secondary N) is 1. The van der Waals surface area contributed by atoms with Crippen molar-refractivity contribution in [3.05, 3.63) is 101 Å². The van der Waals surface area contributed by atoms with Gasteiger partial charge in [0.15, 0.2) is 0 Å². The van der Waals surface area contributed by atoms with Crippen LogP contribution in [0.1, 0.15) is 50.0 Å². The van der Waals surface area contributed by atoms with E-state index in [0.29, 0.717) is 13.2 Å². The fourth-order valence-electron chi connectivity index (χ4n) is 5.11. The van der Waals surface area contributed by atoms with Crippen molar-refractivity contribution in [3.63, 3.8) is 0 Å². The van der Waals surface area contributed by atoms with Crippen molar-refractivity contribution in [1.82, 2.24) is 9.97 Å². The molecule has 4 aromatic rings. The molecule has 2 heterocycles. The van der Waals surface area contributed by atoms with E-state index in [1.54, 1.807) is 0 Å². The van der Waals surface area contributed by atoms with Crippen LogP contribution in [-0.2, 0) is 22.6 Å². The Balaban J connectivity index is 1.45. The van der Waals surface area contributed by atoms with Gasteiger partial charge < -0.3 is 14.8 Å². The predicted octanol–water partition coefficient (Wildman–Crippen LogP) is 7.36. The van der Waals surface area contributed by atoms with Crippen molar-refractivity contribution in [2.45, 2.75) is 58.2 Å². The molecule has 0 aliphatic carbocycles. The van der Waals surface area contributed by atoms with Crippen molar-refractivity contribution >= 4 is 28.3 Å². The summed E-state index contributed by atoms with van der Waals surface area (Å²) in [6.45, 7) is 7.75. The lowest BCUT2D eigenvalue weighted by Crippen LogP contribution is -2.39. The van der Waals surface area contributed by atoms with Gasteiger partial charge in [-0.2, -0.15) is 0 Å². The monoisotopic (exact) mass is 501 g/mol. The quantitative estimate of drug-likeness (QED) is 0.256. The number of halogens is 1. The maximum atomic E-state index is 6.64. The number of hydrogen-bond acceptors (Lipinski definition) is 5. The van der Waals surface area contributed by atoms with E-state index in [4.69, 9.17) is 21.1 Å². The number of ether oxygens (including phenoxy) is 2. The zero-order valence-electron chi connectivity index (χ0n) is 20.9. The van der Waals surface area contributed by atoms with E-state index in [9.17, 15) is 0 Å². The van der Waals surface area contributed by atoms with Crippen molar-refractivity contribution in [3.8, 4) is 0 Å². The van der Waals surface area contributed by atoms with E-state index in [1.807, 2.05) is 36.4 Å². The molecule has 0 spiro atoms. The first-order valence-corrected chi connectivity index (χ1v) is 12.9. The number of nitrogens with zero attached hydrogens (tertiary/aromatic N) is 2. The zero-order chi connectivity index (χ0) is 25.1. The van der Waals surface area contributed by atoms with Crippen LogP contribution in [0.5, 0.6) is 0 Å². The first-order valence-electron chi connectivity index (χ1n) is 12.6. The van der Waals surface area contributed by atoms with Gasteiger partial charge in [0.1, 0.15) is 17.5 Å². The highest BCUT2D eigenvalue weighted by Crippen LogP contribution is 2.49. The second kappa shape index (κ2) is 10.6. The van der Waals surface area contributed by atoms with E-state index >= 15 is 0 Å². The molecule has 1 aliphatic rings. The number of benzene rings is 3. The molecule has 0 bridgehead atoms. The Kier molecular flexibility index (Phi) is 7.24. The van der Waals surface area contributed by atoms with Crippen molar-refractivity contribution in [2.75, 3.05) is 5.32 Å². The lowest BCUT2D eigenvalue weighted by molar-refractivity contribution is -0.105. The topological polar surface area (TPSA) is 56.3 Å². The lowest BCUT2D eigenvalue weighted by Gasteiger charge is -2.34. The lowest BCUT2D eigenvalue weighted by atomic mass is 9.81. The molecule has 186 valence electrons. The zero-order valence-corrected chi connectivity index (χ0v) is 21.7. The van der Waals surface area contributed by atoms with Gasteiger partial charge in [0, 0.05) is 17.8 Å². The van der Waals surface area contributed by atoms with Gasteiger partial charge in [0.05, 0.1) is 18.2 Å². The molecule has 1 aromatic heterocycles. The third kappa shape index (κ3) is 4.96. The second-order valence-electron chi connectivity index (χ2n) is 9.67. The molecule has 1 N–H and O–H groups in total. The SMILES string of the molecule is CC[C@H]1O[C@@H](c2ccc3c(NCc4ccccc4)nc(Cl)nc3c2)[C@](C)(OCc2ccccc2)[C@@H]1C. The molecule has 5 nitrogen and oxygen atoms in total. The maximum absolute atomic E-state index is 6.64.